The first-order valence-electron chi connectivity index (χ1n) is 5.93. The minimum atomic E-state index is -8.72. The number of rotatable bonds is 5. The lowest BCUT2D eigenvalue weighted by molar-refractivity contribution is -0.468. The van der Waals surface area contributed by atoms with Crippen LogP contribution in [-0.2, 0) is 4.57 Å². The second-order valence-electron chi connectivity index (χ2n) is 4.96. The lowest BCUT2D eigenvalue weighted by Crippen LogP contribution is -2.74. The molecule has 32 heavy (non-hydrogen) atoms. The molecule has 0 radical (unpaired) electrons. The van der Waals surface area contributed by atoms with Crippen LogP contribution in [0.4, 0.5) is 79.0 Å². The van der Waals surface area contributed by atoms with Gasteiger partial charge in [-0.2, -0.15) is 79.0 Å². The molecule has 0 spiro atoms. The highest BCUT2D eigenvalue weighted by Gasteiger charge is 2.95. The molecule has 0 bridgehead atoms. The predicted octanol–water partition coefficient (Wildman–Crippen LogP) is 5.16. The second kappa shape index (κ2) is 8.87. The highest BCUT2D eigenvalue weighted by Crippen LogP contribution is 2.63. The van der Waals surface area contributed by atoms with E-state index in [9.17, 15) is 79.0 Å². The summed E-state index contributed by atoms with van der Waals surface area (Å²) < 4.78 is 230. The van der Waals surface area contributed by atoms with Crippen molar-refractivity contribution in [2.45, 2.75) is 47.9 Å². The molecule has 0 aromatic rings. The molecule has 0 atom stereocenters. The van der Waals surface area contributed by atoms with Gasteiger partial charge in [0.05, 0.1) is 0 Å². The highest BCUT2D eigenvalue weighted by atomic mass is 31.2. The molecule has 0 aliphatic rings. The monoisotopic (exact) mass is 553 g/mol. The Hall–Kier alpha value is -1.19. The molecule has 24 heteroatoms. The number of alkyl halides is 18. The third-order valence-electron chi connectivity index (χ3n) is 2.68. The Labute approximate surface area is 161 Å². The smallest absolute Gasteiger partial charge is 0.344 e. The third-order valence-corrected chi connectivity index (χ3v) is 2.68. The molecule has 0 rings (SSSR count). The van der Waals surface area contributed by atoms with Crippen LogP contribution in [0.5, 0.6) is 0 Å². The number of hydrogen-bond acceptors (Lipinski definition) is 2. The molecule has 198 valence electrons. The van der Waals surface area contributed by atoms with Crippen molar-refractivity contribution in [1.29, 1.82) is 0 Å². The van der Waals surface area contributed by atoms with Gasteiger partial charge in [0.1, 0.15) is 0 Å². The van der Waals surface area contributed by atoms with Gasteiger partial charge in [-0.3, -0.25) is 0 Å². The van der Waals surface area contributed by atoms with Crippen molar-refractivity contribution in [3.05, 3.63) is 0 Å². The molecule has 0 aromatic heterocycles. The standard InChI is InChI=1S/C8F18.H3N.H3O4P/c9-1(10,3(13,14)5(17,18)7(21,22)23)2(11,12)4(15,16)6(19,20)8(24,25)26;;1-5(2,3)4/h;1H3;(H3,1,2,3,4). The molecule has 5 nitrogen and oxygen atoms in total. The van der Waals surface area contributed by atoms with Crippen molar-refractivity contribution < 1.29 is 98.3 Å². The van der Waals surface area contributed by atoms with Gasteiger partial charge in [0.25, 0.3) is 0 Å². The van der Waals surface area contributed by atoms with Gasteiger partial charge in [0.15, 0.2) is 0 Å². The Bertz CT molecular complexity index is 621. The molecule has 0 unspecified atom stereocenters. The zero-order valence-corrected chi connectivity index (χ0v) is 14.6. The summed E-state index contributed by atoms with van der Waals surface area (Å²) >= 11 is 0. The Morgan fingerprint density at radius 1 is 0.375 bits per heavy atom. The molecule has 6 N–H and O–H groups in total. The lowest BCUT2D eigenvalue weighted by atomic mass is 9.91. The summed E-state index contributed by atoms with van der Waals surface area (Å²) in [5, 5.41) is 0. The predicted molar refractivity (Wildman–Crippen MR) is 61.1 cm³/mol. The SMILES string of the molecule is FC(F)(F)C(F)(F)C(F)(F)C(F)(F)C(F)(F)C(F)(F)C(F)(F)C(F)(F)F.N.O=P(O)(O)O. The minimum Gasteiger partial charge on any atom is -0.344 e. The summed E-state index contributed by atoms with van der Waals surface area (Å²) in [6.07, 6.45) is -15.6. The van der Waals surface area contributed by atoms with Crippen molar-refractivity contribution in [3.63, 3.8) is 0 Å². The van der Waals surface area contributed by atoms with E-state index >= 15 is 0 Å². The average Bonchev–Trinajstić information content (AvgIpc) is 2.41. The summed E-state index contributed by atoms with van der Waals surface area (Å²) in [6.45, 7) is 0. The topological polar surface area (TPSA) is 113 Å². The molecule has 0 fully saturated rings. The van der Waals surface area contributed by atoms with Gasteiger partial charge in [-0.15, -0.1) is 0 Å². The Kier molecular flexibility index (Phi) is 9.81. The first-order chi connectivity index (χ1) is 12.8. The van der Waals surface area contributed by atoms with E-state index in [1.54, 1.807) is 0 Å². The van der Waals surface area contributed by atoms with Gasteiger partial charge < -0.3 is 20.8 Å². The van der Waals surface area contributed by atoms with Crippen molar-refractivity contribution in [2.24, 2.45) is 0 Å². The molecule has 0 heterocycles. The van der Waals surface area contributed by atoms with E-state index in [0.717, 1.165) is 0 Å². The minimum absolute atomic E-state index is 0. The molecule has 0 amide bonds. The Balaban J connectivity index is -0.00000125. The van der Waals surface area contributed by atoms with Crippen LogP contribution < -0.4 is 6.15 Å². The van der Waals surface area contributed by atoms with Gasteiger partial charge in [-0.25, -0.2) is 4.57 Å². The number of hydrogen-bond donors (Lipinski definition) is 4. The van der Waals surface area contributed by atoms with Crippen molar-refractivity contribution >= 4 is 7.82 Å². The lowest BCUT2D eigenvalue weighted by Gasteiger charge is -2.41. The Morgan fingerprint density at radius 2 is 0.469 bits per heavy atom. The van der Waals surface area contributed by atoms with Gasteiger partial charge in [0, 0.05) is 0 Å². The molecule has 0 aliphatic heterocycles. The fraction of sp³-hybridized carbons (Fsp3) is 1.00. The highest BCUT2D eigenvalue weighted by molar-refractivity contribution is 7.45. The zero-order chi connectivity index (χ0) is 26.5. The fourth-order valence-electron chi connectivity index (χ4n) is 1.14. The maximum absolute atomic E-state index is 12.8. The van der Waals surface area contributed by atoms with Crippen LogP contribution >= 0.6 is 7.82 Å². The van der Waals surface area contributed by atoms with Gasteiger partial charge in [-0.1, -0.05) is 0 Å². The van der Waals surface area contributed by atoms with E-state index in [2.05, 4.69) is 0 Å². The number of halogens is 18. The van der Waals surface area contributed by atoms with Crippen LogP contribution in [0.15, 0.2) is 0 Å². The molecular formula is C8H6F18NO4P. The van der Waals surface area contributed by atoms with E-state index in [4.69, 9.17) is 19.2 Å². The first kappa shape index (κ1) is 35.4. The molecule has 0 saturated heterocycles. The third kappa shape index (κ3) is 5.83. The zero-order valence-electron chi connectivity index (χ0n) is 13.7. The summed E-state index contributed by atoms with van der Waals surface area (Å²) in [5.74, 6) is -51.0. The summed E-state index contributed by atoms with van der Waals surface area (Å²) in [7, 11) is -4.64. The average molecular weight is 553 g/mol. The van der Waals surface area contributed by atoms with Gasteiger partial charge in [-0.05, 0) is 0 Å². The van der Waals surface area contributed by atoms with Crippen molar-refractivity contribution in [3.8, 4) is 0 Å². The van der Waals surface area contributed by atoms with E-state index in [1.807, 2.05) is 0 Å². The van der Waals surface area contributed by atoms with E-state index < -0.39 is 55.7 Å². The van der Waals surface area contributed by atoms with Crippen LogP contribution in [-0.4, -0.2) is 62.6 Å². The van der Waals surface area contributed by atoms with Crippen molar-refractivity contribution in [2.75, 3.05) is 0 Å². The maximum atomic E-state index is 12.8. The number of phosphoric acid groups is 1. The Morgan fingerprint density at radius 3 is 0.562 bits per heavy atom. The van der Waals surface area contributed by atoms with Gasteiger partial charge >= 0.3 is 55.7 Å². The largest absolute Gasteiger partial charge is 0.466 e. The molecule has 0 saturated carbocycles. The van der Waals surface area contributed by atoms with E-state index in [-0.39, 0.29) is 6.15 Å². The quantitative estimate of drug-likeness (QED) is 0.278. The van der Waals surface area contributed by atoms with Gasteiger partial charge in [0.2, 0.25) is 0 Å². The normalized spacial score (nSPS) is 15.5. The van der Waals surface area contributed by atoms with Crippen LogP contribution in [0.25, 0.3) is 0 Å². The first-order valence-corrected chi connectivity index (χ1v) is 7.50. The van der Waals surface area contributed by atoms with Crippen LogP contribution in [0.2, 0.25) is 0 Å². The summed E-state index contributed by atoms with van der Waals surface area (Å²) in [4.78, 5) is 21.6. The summed E-state index contributed by atoms with van der Waals surface area (Å²) in [5.41, 5.74) is 0. The maximum Gasteiger partial charge on any atom is 0.466 e. The van der Waals surface area contributed by atoms with E-state index in [1.165, 1.54) is 0 Å². The molecule has 0 aliphatic carbocycles. The van der Waals surface area contributed by atoms with Crippen LogP contribution in [0.1, 0.15) is 0 Å². The van der Waals surface area contributed by atoms with Crippen LogP contribution in [0, 0.1) is 0 Å². The molecule has 0 aromatic carbocycles. The van der Waals surface area contributed by atoms with E-state index in [0.29, 0.717) is 0 Å². The summed E-state index contributed by atoms with van der Waals surface area (Å²) in [6, 6.07) is 0. The van der Waals surface area contributed by atoms with Crippen molar-refractivity contribution in [1.82, 2.24) is 6.15 Å². The molecular weight excluding hydrogens is 547 g/mol. The van der Waals surface area contributed by atoms with Crippen LogP contribution in [0.3, 0.4) is 0 Å². The fourth-order valence-corrected chi connectivity index (χ4v) is 1.14. The second-order valence-corrected chi connectivity index (χ2v) is 5.98.